The minimum atomic E-state index is 0.588. The zero-order chi connectivity index (χ0) is 14.7. The summed E-state index contributed by atoms with van der Waals surface area (Å²) < 4.78 is 0. The molecule has 0 bridgehead atoms. The van der Waals surface area contributed by atoms with E-state index in [-0.39, 0.29) is 0 Å². The largest absolute Gasteiger partial charge is 0.370 e. The van der Waals surface area contributed by atoms with E-state index in [1.807, 2.05) is 0 Å². The molecule has 0 amide bonds. The fourth-order valence-electron chi connectivity index (χ4n) is 2.46. The molecular formula is C18H24N2. The molecule has 2 rings (SSSR count). The normalized spacial score (nSPS) is 10.7. The quantitative estimate of drug-likeness (QED) is 0.916. The number of nitrogens with two attached hydrogens (primary N) is 1. The van der Waals surface area contributed by atoms with Crippen LogP contribution in [-0.4, -0.2) is 7.05 Å². The highest BCUT2D eigenvalue weighted by Crippen LogP contribution is 2.21. The Bertz CT molecular complexity index is 602. The zero-order valence-electron chi connectivity index (χ0n) is 12.9. The summed E-state index contributed by atoms with van der Waals surface area (Å²) in [4.78, 5) is 2.27. The summed E-state index contributed by atoms with van der Waals surface area (Å²) in [7, 11) is 2.13. The maximum atomic E-state index is 5.71. The van der Waals surface area contributed by atoms with E-state index in [4.69, 9.17) is 5.73 Å². The highest BCUT2D eigenvalue weighted by atomic mass is 15.1. The van der Waals surface area contributed by atoms with E-state index in [1.165, 1.54) is 33.5 Å². The van der Waals surface area contributed by atoms with Crippen molar-refractivity contribution in [1.82, 2.24) is 0 Å². The van der Waals surface area contributed by atoms with Gasteiger partial charge in [-0.3, -0.25) is 0 Å². The lowest BCUT2D eigenvalue weighted by atomic mass is 10.0. The molecule has 20 heavy (non-hydrogen) atoms. The van der Waals surface area contributed by atoms with Gasteiger partial charge in [0.25, 0.3) is 0 Å². The minimum Gasteiger partial charge on any atom is -0.370 e. The molecule has 0 aliphatic carbocycles. The molecule has 2 heteroatoms. The van der Waals surface area contributed by atoms with E-state index in [1.54, 1.807) is 0 Å². The van der Waals surface area contributed by atoms with Gasteiger partial charge in [0.15, 0.2) is 0 Å². The molecule has 2 nitrogen and oxygen atoms in total. The van der Waals surface area contributed by atoms with Crippen LogP contribution in [0, 0.1) is 20.8 Å². The average Bonchev–Trinajstić information content (AvgIpc) is 2.44. The lowest BCUT2D eigenvalue weighted by molar-refractivity contribution is 0.907. The average molecular weight is 268 g/mol. The number of rotatable bonds is 4. The summed E-state index contributed by atoms with van der Waals surface area (Å²) in [5.74, 6) is 0. The van der Waals surface area contributed by atoms with Crippen molar-refractivity contribution in [1.29, 1.82) is 0 Å². The predicted molar refractivity (Wildman–Crippen MR) is 87.1 cm³/mol. The second kappa shape index (κ2) is 6.10. The van der Waals surface area contributed by atoms with E-state index < -0.39 is 0 Å². The summed E-state index contributed by atoms with van der Waals surface area (Å²) in [6.45, 7) is 8.03. The fourth-order valence-corrected chi connectivity index (χ4v) is 2.46. The molecule has 0 fully saturated rings. The highest BCUT2D eigenvalue weighted by molar-refractivity contribution is 5.49. The Balaban J connectivity index is 2.23. The van der Waals surface area contributed by atoms with Crippen LogP contribution in [0.15, 0.2) is 36.4 Å². The monoisotopic (exact) mass is 268 g/mol. The SMILES string of the molecule is Cc1cc(C)c(CN(C)c2cccc(CN)c2)cc1C. The summed E-state index contributed by atoms with van der Waals surface area (Å²) in [6.07, 6.45) is 0. The van der Waals surface area contributed by atoms with Crippen molar-refractivity contribution in [3.8, 4) is 0 Å². The van der Waals surface area contributed by atoms with Gasteiger partial charge in [-0.1, -0.05) is 24.3 Å². The van der Waals surface area contributed by atoms with E-state index in [9.17, 15) is 0 Å². The second-order valence-electron chi connectivity index (χ2n) is 5.59. The topological polar surface area (TPSA) is 29.3 Å². The Kier molecular flexibility index (Phi) is 4.46. The first-order valence-electron chi connectivity index (χ1n) is 7.08. The summed E-state index contributed by atoms with van der Waals surface area (Å²) >= 11 is 0. The molecular weight excluding hydrogens is 244 g/mol. The molecule has 0 radical (unpaired) electrons. The molecule has 0 saturated heterocycles. The van der Waals surface area contributed by atoms with Crippen molar-refractivity contribution < 1.29 is 0 Å². The van der Waals surface area contributed by atoms with Crippen LogP contribution in [0.1, 0.15) is 27.8 Å². The van der Waals surface area contributed by atoms with E-state index in [0.717, 1.165) is 6.54 Å². The first kappa shape index (κ1) is 14.6. The van der Waals surface area contributed by atoms with Gasteiger partial charge in [0.2, 0.25) is 0 Å². The molecule has 2 aromatic carbocycles. The van der Waals surface area contributed by atoms with Crippen LogP contribution in [0.25, 0.3) is 0 Å². The van der Waals surface area contributed by atoms with Crippen molar-refractivity contribution >= 4 is 5.69 Å². The van der Waals surface area contributed by atoms with Crippen molar-refractivity contribution in [2.75, 3.05) is 11.9 Å². The maximum Gasteiger partial charge on any atom is 0.0428 e. The van der Waals surface area contributed by atoms with Crippen LogP contribution >= 0.6 is 0 Å². The van der Waals surface area contributed by atoms with Gasteiger partial charge in [0.1, 0.15) is 0 Å². The van der Waals surface area contributed by atoms with Crippen molar-refractivity contribution in [3.05, 3.63) is 64.2 Å². The van der Waals surface area contributed by atoms with Gasteiger partial charge >= 0.3 is 0 Å². The second-order valence-corrected chi connectivity index (χ2v) is 5.59. The molecule has 0 aromatic heterocycles. The Hall–Kier alpha value is -1.80. The maximum absolute atomic E-state index is 5.71. The minimum absolute atomic E-state index is 0.588. The number of aryl methyl sites for hydroxylation is 3. The lowest BCUT2D eigenvalue weighted by Crippen LogP contribution is -2.17. The van der Waals surface area contributed by atoms with Crippen LogP contribution in [-0.2, 0) is 13.1 Å². The molecule has 0 saturated carbocycles. The van der Waals surface area contributed by atoms with Gasteiger partial charge < -0.3 is 10.6 Å². The first-order valence-corrected chi connectivity index (χ1v) is 7.08. The van der Waals surface area contributed by atoms with Crippen molar-refractivity contribution in [2.45, 2.75) is 33.9 Å². The number of benzene rings is 2. The smallest absolute Gasteiger partial charge is 0.0428 e. The molecule has 0 heterocycles. The van der Waals surface area contributed by atoms with Gasteiger partial charge in [-0.05, 0) is 60.7 Å². The van der Waals surface area contributed by atoms with Crippen LogP contribution in [0.2, 0.25) is 0 Å². The van der Waals surface area contributed by atoms with Gasteiger partial charge in [-0.25, -0.2) is 0 Å². The first-order chi connectivity index (χ1) is 9.51. The lowest BCUT2D eigenvalue weighted by Gasteiger charge is -2.22. The highest BCUT2D eigenvalue weighted by Gasteiger charge is 2.07. The number of nitrogens with zero attached hydrogens (tertiary/aromatic N) is 1. The molecule has 0 spiro atoms. The Morgan fingerprint density at radius 1 is 0.950 bits per heavy atom. The Morgan fingerprint density at radius 2 is 1.65 bits per heavy atom. The summed E-state index contributed by atoms with van der Waals surface area (Å²) in [5.41, 5.74) is 13.6. The summed E-state index contributed by atoms with van der Waals surface area (Å²) in [6, 6.07) is 13.0. The van der Waals surface area contributed by atoms with Crippen molar-refractivity contribution in [2.24, 2.45) is 5.73 Å². The van der Waals surface area contributed by atoms with E-state index >= 15 is 0 Å². The third-order valence-corrected chi connectivity index (χ3v) is 3.95. The van der Waals surface area contributed by atoms with Gasteiger partial charge in [-0.2, -0.15) is 0 Å². The van der Waals surface area contributed by atoms with Crippen LogP contribution in [0.4, 0.5) is 5.69 Å². The third kappa shape index (κ3) is 3.20. The van der Waals surface area contributed by atoms with Gasteiger partial charge in [0.05, 0.1) is 0 Å². The third-order valence-electron chi connectivity index (χ3n) is 3.95. The zero-order valence-corrected chi connectivity index (χ0v) is 12.9. The van der Waals surface area contributed by atoms with Crippen molar-refractivity contribution in [3.63, 3.8) is 0 Å². The summed E-state index contributed by atoms with van der Waals surface area (Å²) in [5, 5.41) is 0. The number of anilines is 1. The van der Waals surface area contributed by atoms with Gasteiger partial charge in [0, 0.05) is 25.8 Å². The molecule has 0 atom stereocenters. The van der Waals surface area contributed by atoms with Crippen LogP contribution < -0.4 is 10.6 Å². The van der Waals surface area contributed by atoms with Gasteiger partial charge in [-0.15, -0.1) is 0 Å². The molecule has 2 aromatic rings. The Labute approximate surface area is 122 Å². The number of hydrogen-bond acceptors (Lipinski definition) is 2. The molecule has 0 aliphatic rings. The molecule has 0 unspecified atom stereocenters. The van der Waals surface area contributed by atoms with E-state index in [0.29, 0.717) is 6.54 Å². The standard InChI is InChI=1S/C18H24N2/c1-13-8-15(3)17(9-14(13)2)12-20(4)18-7-5-6-16(10-18)11-19/h5-10H,11-12,19H2,1-4H3. The van der Waals surface area contributed by atoms with Crippen LogP contribution in [0.3, 0.4) is 0 Å². The molecule has 0 aliphatic heterocycles. The number of hydrogen-bond donors (Lipinski definition) is 1. The van der Waals surface area contributed by atoms with Crippen LogP contribution in [0.5, 0.6) is 0 Å². The fraction of sp³-hybridized carbons (Fsp3) is 0.333. The Morgan fingerprint density at radius 3 is 2.35 bits per heavy atom. The predicted octanol–water partition coefficient (Wildman–Crippen LogP) is 3.71. The van der Waals surface area contributed by atoms with E-state index in [2.05, 4.69) is 69.1 Å². The molecule has 2 N–H and O–H groups in total. The molecule has 106 valence electrons.